The van der Waals surface area contributed by atoms with E-state index in [9.17, 15) is 0 Å². The zero-order valence-corrected chi connectivity index (χ0v) is 36.5. The fraction of sp³-hybridized carbons (Fsp3) is 0.250. The number of hydrogen-bond acceptors (Lipinski definition) is 5. The number of thioether (sulfide) groups is 1. The third-order valence-electron chi connectivity index (χ3n) is 13.7. The van der Waals surface area contributed by atoms with Crippen molar-refractivity contribution in [2.24, 2.45) is 10.8 Å². The standard InChI is InChI=1S/C56H50O4S/c1-52(2)33-53(3,4)35-54(34-52)46-20-14-13-19-42(46)49-44-31-47-48(61-56(59-47,38-15-9-7-10-16-38)39-17-11-8-12-18-39)32-45(44)51-43(50(49)54)29-30-55(60-51,36-21-25-40(57-5)26-22-36)37-23-27-41(58-6)28-24-37/h7-32H,33-35H2,1-6H3. The van der Waals surface area contributed by atoms with Crippen LogP contribution in [0.3, 0.4) is 0 Å². The molecule has 4 aliphatic rings. The lowest BCUT2D eigenvalue weighted by molar-refractivity contribution is 0.0642. The number of fused-ring (bicyclic) bond motifs is 11. The van der Waals surface area contributed by atoms with Gasteiger partial charge in [-0.15, -0.1) is 0 Å². The summed E-state index contributed by atoms with van der Waals surface area (Å²) < 4.78 is 26.6. The third-order valence-corrected chi connectivity index (χ3v) is 15.1. The van der Waals surface area contributed by atoms with Crippen LogP contribution in [0.15, 0.2) is 157 Å². The maximum absolute atomic E-state index is 7.88. The quantitative estimate of drug-likeness (QED) is 0.167. The highest BCUT2D eigenvalue weighted by Crippen LogP contribution is 2.68. The minimum atomic E-state index is -0.947. The molecule has 0 amide bonds. The Balaban J connectivity index is 1.22. The van der Waals surface area contributed by atoms with Crippen LogP contribution in [0, 0.1) is 10.8 Å². The van der Waals surface area contributed by atoms with E-state index in [1.165, 1.54) is 34.2 Å². The SMILES string of the molecule is COc1ccc(C2(c3ccc(OC)cc3)C=Cc3c4c(c5cc6c(cc5c3O2)SC(c2ccccc2)(c2ccccc2)O6)-c2ccccc2C42CC(C)(C)CC(C)(C)C2)cc1. The van der Waals surface area contributed by atoms with Gasteiger partial charge in [0, 0.05) is 38.6 Å². The van der Waals surface area contributed by atoms with Crippen molar-refractivity contribution in [2.45, 2.75) is 67.8 Å². The lowest BCUT2D eigenvalue weighted by Gasteiger charge is -2.52. The second-order valence-electron chi connectivity index (χ2n) is 19.0. The zero-order valence-electron chi connectivity index (χ0n) is 35.7. The van der Waals surface area contributed by atoms with Crippen LogP contribution in [0.2, 0.25) is 0 Å². The molecule has 304 valence electrons. The van der Waals surface area contributed by atoms with Crippen molar-refractivity contribution < 1.29 is 18.9 Å². The lowest BCUT2D eigenvalue weighted by Crippen LogP contribution is -2.44. The Bertz CT molecular complexity index is 2770. The average molecular weight is 819 g/mol. The van der Waals surface area contributed by atoms with Crippen molar-refractivity contribution in [3.05, 3.63) is 191 Å². The number of rotatable bonds is 6. The molecule has 0 radical (unpaired) electrons. The van der Waals surface area contributed by atoms with Crippen LogP contribution < -0.4 is 18.9 Å². The maximum Gasteiger partial charge on any atom is 0.210 e. The van der Waals surface area contributed by atoms with Crippen molar-refractivity contribution in [3.8, 4) is 34.1 Å². The van der Waals surface area contributed by atoms with Gasteiger partial charge in [-0.1, -0.05) is 155 Å². The molecule has 2 heterocycles. The molecule has 0 bridgehead atoms. The summed E-state index contributed by atoms with van der Waals surface area (Å²) in [6.45, 7) is 9.89. The minimum absolute atomic E-state index is 0.107. The molecule has 1 saturated carbocycles. The average Bonchev–Trinajstić information content (AvgIpc) is 3.79. The van der Waals surface area contributed by atoms with Crippen molar-refractivity contribution in [1.29, 1.82) is 0 Å². The van der Waals surface area contributed by atoms with Gasteiger partial charge in [0.15, 0.2) is 5.60 Å². The van der Waals surface area contributed by atoms with Crippen molar-refractivity contribution >= 4 is 28.6 Å². The summed E-state index contributed by atoms with van der Waals surface area (Å²) in [7, 11) is 3.42. The number of ether oxygens (including phenoxy) is 4. The molecule has 0 unspecified atom stereocenters. The Kier molecular flexibility index (Phi) is 8.45. The molecule has 11 rings (SSSR count). The van der Waals surface area contributed by atoms with E-state index in [0.29, 0.717) is 0 Å². The maximum atomic E-state index is 7.88. The minimum Gasteiger partial charge on any atom is -0.497 e. The first-order valence-electron chi connectivity index (χ1n) is 21.4. The third kappa shape index (κ3) is 5.73. The van der Waals surface area contributed by atoms with Crippen LogP contribution >= 0.6 is 11.8 Å². The first-order valence-corrected chi connectivity index (χ1v) is 22.2. The fourth-order valence-electron chi connectivity index (χ4n) is 12.0. The second-order valence-corrected chi connectivity index (χ2v) is 20.2. The fourth-order valence-corrected chi connectivity index (χ4v) is 13.4. The van der Waals surface area contributed by atoms with E-state index < -0.39 is 10.5 Å². The van der Waals surface area contributed by atoms with Crippen molar-refractivity contribution in [2.75, 3.05) is 14.2 Å². The molecule has 0 atom stereocenters. The second kappa shape index (κ2) is 13.5. The van der Waals surface area contributed by atoms with E-state index in [0.717, 1.165) is 73.8 Å². The first-order chi connectivity index (χ1) is 29.5. The summed E-state index contributed by atoms with van der Waals surface area (Å²) in [6, 6.07) is 51.9. The van der Waals surface area contributed by atoms with E-state index in [4.69, 9.17) is 18.9 Å². The Labute approximate surface area is 363 Å². The molecule has 1 spiro atoms. The molecule has 7 aromatic carbocycles. The zero-order chi connectivity index (χ0) is 41.8. The van der Waals surface area contributed by atoms with Gasteiger partial charge in [-0.05, 0) is 100 Å². The largest absolute Gasteiger partial charge is 0.497 e. The molecular formula is C56H50O4S. The molecule has 61 heavy (non-hydrogen) atoms. The van der Waals surface area contributed by atoms with Gasteiger partial charge in [-0.25, -0.2) is 0 Å². The predicted molar refractivity (Wildman–Crippen MR) is 248 cm³/mol. The number of hydrogen-bond donors (Lipinski definition) is 0. The molecule has 2 aliphatic heterocycles. The van der Waals surface area contributed by atoms with Gasteiger partial charge in [-0.2, -0.15) is 0 Å². The molecule has 0 aromatic heterocycles. The molecule has 1 fully saturated rings. The summed E-state index contributed by atoms with van der Waals surface area (Å²) in [5.41, 5.74) is 9.88. The van der Waals surface area contributed by atoms with Gasteiger partial charge in [-0.3, -0.25) is 0 Å². The molecule has 0 saturated heterocycles. The number of methoxy groups -OCH3 is 2. The molecule has 7 aromatic rings. The summed E-state index contributed by atoms with van der Waals surface area (Å²) in [5.74, 6) is 3.38. The monoisotopic (exact) mass is 818 g/mol. The van der Waals surface area contributed by atoms with Crippen molar-refractivity contribution in [1.82, 2.24) is 0 Å². The summed E-state index contributed by atoms with van der Waals surface area (Å²) in [6.07, 6.45) is 7.94. The van der Waals surface area contributed by atoms with E-state index >= 15 is 0 Å². The van der Waals surface area contributed by atoms with Crippen molar-refractivity contribution in [3.63, 3.8) is 0 Å². The van der Waals surface area contributed by atoms with Crippen LogP contribution in [0.5, 0.6) is 23.0 Å². The van der Waals surface area contributed by atoms with Gasteiger partial charge in [0.25, 0.3) is 0 Å². The van der Waals surface area contributed by atoms with E-state index in [-0.39, 0.29) is 16.2 Å². The van der Waals surface area contributed by atoms with Crippen LogP contribution in [-0.4, -0.2) is 14.2 Å². The summed E-state index contributed by atoms with van der Waals surface area (Å²) >= 11 is 1.77. The van der Waals surface area contributed by atoms with Gasteiger partial charge in [0.05, 0.1) is 19.1 Å². The smallest absolute Gasteiger partial charge is 0.210 e. The van der Waals surface area contributed by atoms with Gasteiger partial charge < -0.3 is 18.9 Å². The van der Waals surface area contributed by atoms with Crippen LogP contribution in [0.1, 0.15) is 85.9 Å². The molecule has 2 aliphatic carbocycles. The highest BCUT2D eigenvalue weighted by atomic mass is 32.2. The normalized spacial score (nSPS) is 18.9. The molecule has 4 nitrogen and oxygen atoms in total. The van der Waals surface area contributed by atoms with Crippen LogP contribution in [0.25, 0.3) is 28.0 Å². The number of benzene rings is 7. The van der Waals surface area contributed by atoms with E-state index in [1.807, 2.05) is 24.3 Å². The molecular weight excluding hydrogens is 769 g/mol. The Morgan fingerprint density at radius 1 is 0.557 bits per heavy atom. The molecule has 0 N–H and O–H groups in total. The Morgan fingerprint density at radius 3 is 1.69 bits per heavy atom. The Morgan fingerprint density at radius 2 is 1.11 bits per heavy atom. The van der Waals surface area contributed by atoms with E-state index in [1.54, 1.807) is 26.0 Å². The van der Waals surface area contributed by atoms with Crippen LogP contribution in [0.4, 0.5) is 0 Å². The van der Waals surface area contributed by atoms with Gasteiger partial charge in [0.2, 0.25) is 4.93 Å². The van der Waals surface area contributed by atoms with Gasteiger partial charge >= 0.3 is 0 Å². The highest BCUT2D eigenvalue weighted by molar-refractivity contribution is 8.00. The summed E-state index contributed by atoms with van der Waals surface area (Å²) in [4.78, 5) is 0.319. The van der Waals surface area contributed by atoms with Gasteiger partial charge in [0.1, 0.15) is 23.0 Å². The van der Waals surface area contributed by atoms with E-state index in [2.05, 4.69) is 161 Å². The topological polar surface area (TPSA) is 36.9 Å². The highest BCUT2D eigenvalue weighted by Gasteiger charge is 2.56. The predicted octanol–water partition coefficient (Wildman–Crippen LogP) is 14.1. The first kappa shape index (κ1) is 38.0. The lowest BCUT2D eigenvalue weighted by atomic mass is 9.52. The summed E-state index contributed by atoms with van der Waals surface area (Å²) in [5, 5.41) is 2.24. The molecule has 5 heteroatoms. The Hall–Kier alpha value is -5.91. The van der Waals surface area contributed by atoms with Crippen LogP contribution in [-0.2, 0) is 15.9 Å².